The first kappa shape index (κ1) is 12.9. The number of amides is 1. The van der Waals surface area contributed by atoms with Gasteiger partial charge >= 0.3 is 0 Å². The Morgan fingerprint density at radius 1 is 1.53 bits per heavy atom. The lowest BCUT2D eigenvalue weighted by Crippen LogP contribution is -2.32. The molecule has 0 radical (unpaired) electrons. The summed E-state index contributed by atoms with van der Waals surface area (Å²) in [6.07, 6.45) is 2.74. The van der Waals surface area contributed by atoms with E-state index in [0.29, 0.717) is 19.0 Å². The van der Waals surface area contributed by atoms with Crippen LogP contribution in [-0.4, -0.2) is 42.7 Å². The van der Waals surface area contributed by atoms with Crippen molar-refractivity contribution in [1.82, 2.24) is 15.3 Å². The lowest BCUT2D eigenvalue weighted by Gasteiger charge is -2.06. The van der Waals surface area contributed by atoms with E-state index in [1.165, 1.54) is 12.4 Å². The molecule has 0 aliphatic carbocycles. The van der Waals surface area contributed by atoms with Crippen LogP contribution in [0, 0.1) is 11.3 Å². The molecule has 0 aromatic carbocycles. The third-order valence-corrected chi connectivity index (χ3v) is 1.82. The third kappa shape index (κ3) is 4.90. The SMILES string of the molecule is COCCNC(=O)CNc1cnc(C#N)cn1. The Labute approximate surface area is 98.8 Å². The van der Waals surface area contributed by atoms with Gasteiger partial charge in [-0.2, -0.15) is 5.26 Å². The van der Waals surface area contributed by atoms with E-state index >= 15 is 0 Å². The molecular formula is C10H13N5O2. The van der Waals surface area contributed by atoms with Crippen LogP contribution < -0.4 is 10.6 Å². The lowest BCUT2D eigenvalue weighted by molar-refractivity contribution is -0.119. The predicted molar refractivity (Wildman–Crippen MR) is 60.1 cm³/mol. The Kier molecular flexibility index (Phi) is 5.40. The second-order valence-electron chi connectivity index (χ2n) is 3.09. The molecule has 1 rings (SSSR count). The van der Waals surface area contributed by atoms with Crippen LogP contribution in [0.3, 0.4) is 0 Å². The molecule has 17 heavy (non-hydrogen) atoms. The largest absolute Gasteiger partial charge is 0.383 e. The van der Waals surface area contributed by atoms with Gasteiger partial charge in [-0.05, 0) is 0 Å². The summed E-state index contributed by atoms with van der Waals surface area (Å²) in [7, 11) is 1.57. The smallest absolute Gasteiger partial charge is 0.239 e. The quantitative estimate of drug-likeness (QED) is 0.646. The van der Waals surface area contributed by atoms with Gasteiger partial charge in [0.1, 0.15) is 11.9 Å². The minimum Gasteiger partial charge on any atom is -0.383 e. The number of hydrogen-bond acceptors (Lipinski definition) is 6. The van der Waals surface area contributed by atoms with Crippen molar-refractivity contribution in [2.24, 2.45) is 0 Å². The van der Waals surface area contributed by atoms with E-state index in [2.05, 4.69) is 20.6 Å². The number of rotatable bonds is 6. The van der Waals surface area contributed by atoms with Crippen LogP contribution >= 0.6 is 0 Å². The molecule has 0 aliphatic heterocycles. The second-order valence-corrected chi connectivity index (χ2v) is 3.09. The highest BCUT2D eigenvalue weighted by Crippen LogP contribution is 1.98. The number of anilines is 1. The average Bonchev–Trinajstić information content (AvgIpc) is 2.37. The molecule has 0 fully saturated rings. The van der Waals surface area contributed by atoms with Gasteiger partial charge in [0.2, 0.25) is 5.91 Å². The van der Waals surface area contributed by atoms with Gasteiger partial charge in [-0.3, -0.25) is 4.79 Å². The molecule has 0 saturated heterocycles. The summed E-state index contributed by atoms with van der Waals surface area (Å²) in [5, 5.41) is 14.0. The van der Waals surface area contributed by atoms with E-state index < -0.39 is 0 Å². The van der Waals surface area contributed by atoms with Gasteiger partial charge in [-0.25, -0.2) is 9.97 Å². The first-order valence-corrected chi connectivity index (χ1v) is 4.98. The third-order valence-electron chi connectivity index (χ3n) is 1.82. The number of methoxy groups -OCH3 is 1. The monoisotopic (exact) mass is 235 g/mol. The van der Waals surface area contributed by atoms with Crippen molar-refractivity contribution in [3.8, 4) is 6.07 Å². The summed E-state index contributed by atoms with van der Waals surface area (Å²) < 4.78 is 4.79. The van der Waals surface area contributed by atoms with Crippen molar-refractivity contribution < 1.29 is 9.53 Å². The Bertz CT molecular complexity index is 398. The number of carbonyl (C=O) groups is 1. The fraction of sp³-hybridized carbons (Fsp3) is 0.400. The van der Waals surface area contributed by atoms with Crippen molar-refractivity contribution in [2.45, 2.75) is 0 Å². The minimum absolute atomic E-state index is 0.101. The fourth-order valence-electron chi connectivity index (χ4n) is 1.00. The number of aromatic nitrogens is 2. The fourth-order valence-corrected chi connectivity index (χ4v) is 1.00. The van der Waals surface area contributed by atoms with Crippen LogP contribution in [0.25, 0.3) is 0 Å². The number of ether oxygens (including phenoxy) is 1. The molecule has 0 bridgehead atoms. The molecule has 0 saturated carbocycles. The lowest BCUT2D eigenvalue weighted by atomic mass is 10.5. The van der Waals surface area contributed by atoms with Gasteiger partial charge in [0.15, 0.2) is 5.69 Å². The van der Waals surface area contributed by atoms with E-state index in [4.69, 9.17) is 10.00 Å². The van der Waals surface area contributed by atoms with E-state index in [9.17, 15) is 4.79 Å². The second kappa shape index (κ2) is 7.14. The summed E-state index contributed by atoms with van der Waals surface area (Å²) in [5.41, 5.74) is 0.236. The maximum absolute atomic E-state index is 11.3. The molecule has 1 aromatic heterocycles. The number of carbonyl (C=O) groups excluding carboxylic acids is 1. The zero-order valence-electron chi connectivity index (χ0n) is 9.43. The average molecular weight is 235 g/mol. The highest BCUT2D eigenvalue weighted by Gasteiger charge is 2.01. The van der Waals surface area contributed by atoms with Crippen LogP contribution in [0.2, 0.25) is 0 Å². The van der Waals surface area contributed by atoms with E-state index in [1.807, 2.05) is 6.07 Å². The summed E-state index contributed by atoms with van der Waals surface area (Å²) in [6, 6.07) is 1.86. The summed E-state index contributed by atoms with van der Waals surface area (Å²) in [6.45, 7) is 1.04. The first-order chi connectivity index (χ1) is 8.26. The van der Waals surface area contributed by atoms with Gasteiger partial charge in [-0.1, -0.05) is 0 Å². The first-order valence-electron chi connectivity index (χ1n) is 4.98. The zero-order valence-corrected chi connectivity index (χ0v) is 9.43. The number of nitrogens with one attached hydrogen (secondary N) is 2. The highest BCUT2D eigenvalue weighted by molar-refractivity contribution is 5.80. The molecule has 1 aromatic rings. The maximum atomic E-state index is 11.3. The highest BCUT2D eigenvalue weighted by atomic mass is 16.5. The molecule has 0 aliphatic rings. The van der Waals surface area contributed by atoms with Crippen molar-refractivity contribution in [3.05, 3.63) is 18.1 Å². The van der Waals surface area contributed by atoms with E-state index in [1.54, 1.807) is 7.11 Å². The van der Waals surface area contributed by atoms with Gasteiger partial charge in [-0.15, -0.1) is 0 Å². The topological polar surface area (TPSA) is 99.9 Å². The Hall–Kier alpha value is -2.20. The standard InChI is InChI=1S/C10H13N5O2/c1-17-3-2-12-10(16)7-15-9-6-13-8(4-11)5-14-9/h5-6H,2-3,7H2,1H3,(H,12,16)(H,14,15). The zero-order chi connectivity index (χ0) is 12.5. The molecule has 7 nitrogen and oxygen atoms in total. The van der Waals surface area contributed by atoms with Crippen LogP contribution in [-0.2, 0) is 9.53 Å². The van der Waals surface area contributed by atoms with Crippen LogP contribution in [0.4, 0.5) is 5.82 Å². The van der Waals surface area contributed by atoms with Crippen molar-refractivity contribution >= 4 is 11.7 Å². The van der Waals surface area contributed by atoms with Gasteiger partial charge < -0.3 is 15.4 Å². The van der Waals surface area contributed by atoms with Crippen molar-refractivity contribution in [2.75, 3.05) is 32.1 Å². The summed E-state index contributed by atoms with van der Waals surface area (Å²) >= 11 is 0. The van der Waals surface area contributed by atoms with Gasteiger partial charge in [0, 0.05) is 13.7 Å². The molecule has 2 N–H and O–H groups in total. The Balaban J connectivity index is 2.30. The number of nitriles is 1. The Morgan fingerprint density at radius 2 is 2.35 bits per heavy atom. The van der Waals surface area contributed by atoms with Crippen LogP contribution in [0.5, 0.6) is 0 Å². The molecule has 0 atom stereocenters. The molecule has 1 amide bonds. The molecular weight excluding hydrogens is 222 g/mol. The molecule has 0 spiro atoms. The molecule has 0 unspecified atom stereocenters. The van der Waals surface area contributed by atoms with Crippen molar-refractivity contribution in [3.63, 3.8) is 0 Å². The van der Waals surface area contributed by atoms with Crippen molar-refractivity contribution in [1.29, 1.82) is 5.26 Å². The predicted octanol–water partition coefficient (Wildman–Crippen LogP) is -0.477. The Morgan fingerprint density at radius 3 is 2.94 bits per heavy atom. The van der Waals surface area contributed by atoms with Crippen LogP contribution in [0.1, 0.15) is 5.69 Å². The van der Waals surface area contributed by atoms with Gasteiger partial charge in [0.25, 0.3) is 0 Å². The molecule has 1 heterocycles. The molecule has 7 heteroatoms. The number of hydrogen-bond donors (Lipinski definition) is 2. The van der Waals surface area contributed by atoms with E-state index in [0.717, 1.165) is 0 Å². The summed E-state index contributed by atoms with van der Waals surface area (Å²) in [5.74, 6) is 0.291. The number of nitrogens with zero attached hydrogens (tertiary/aromatic N) is 3. The van der Waals surface area contributed by atoms with Gasteiger partial charge in [0.05, 0.1) is 25.5 Å². The molecule has 90 valence electrons. The van der Waals surface area contributed by atoms with E-state index in [-0.39, 0.29) is 18.1 Å². The maximum Gasteiger partial charge on any atom is 0.239 e. The summed E-state index contributed by atoms with van der Waals surface area (Å²) in [4.78, 5) is 19.0. The minimum atomic E-state index is -0.159. The normalized spacial score (nSPS) is 9.41. The van der Waals surface area contributed by atoms with Crippen LogP contribution in [0.15, 0.2) is 12.4 Å².